The SMILES string of the molecule is N#Cc1ccc(-c2ccc3sc4ccc(C#N)cc4c3c2)c(-n2c3ccccc3c3ccccc32)c1. The maximum atomic E-state index is 9.74. The first-order chi connectivity index (χ1) is 17.7. The lowest BCUT2D eigenvalue weighted by Crippen LogP contribution is -1.98. The van der Waals surface area contributed by atoms with E-state index in [2.05, 4.69) is 83.4 Å². The van der Waals surface area contributed by atoms with E-state index in [1.165, 1.54) is 20.2 Å². The summed E-state index contributed by atoms with van der Waals surface area (Å²) in [6.07, 6.45) is 0. The Morgan fingerprint density at radius 3 is 1.83 bits per heavy atom. The van der Waals surface area contributed by atoms with Gasteiger partial charge < -0.3 is 4.57 Å². The molecule has 166 valence electrons. The van der Waals surface area contributed by atoms with Crippen molar-refractivity contribution in [2.45, 2.75) is 0 Å². The lowest BCUT2D eigenvalue weighted by atomic mass is 9.99. The maximum Gasteiger partial charge on any atom is 0.0992 e. The van der Waals surface area contributed by atoms with E-state index < -0.39 is 0 Å². The molecule has 7 aromatic rings. The summed E-state index contributed by atoms with van der Waals surface area (Å²) in [4.78, 5) is 0. The quantitative estimate of drug-likeness (QED) is 0.251. The summed E-state index contributed by atoms with van der Waals surface area (Å²) in [5.74, 6) is 0. The van der Waals surface area contributed by atoms with Crippen molar-refractivity contribution in [2.24, 2.45) is 0 Å². The van der Waals surface area contributed by atoms with E-state index in [-0.39, 0.29) is 0 Å². The third kappa shape index (κ3) is 2.96. The van der Waals surface area contributed by atoms with Gasteiger partial charge in [-0.3, -0.25) is 0 Å². The minimum Gasteiger partial charge on any atom is -0.309 e. The molecule has 0 aliphatic carbocycles. The number of thiophene rings is 1. The number of hydrogen-bond acceptors (Lipinski definition) is 3. The van der Waals surface area contributed by atoms with Crippen molar-refractivity contribution in [2.75, 3.05) is 0 Å². The van der Waals surface area contributed by atoms with E-state index in [9.17, 15) is 10.5 Å². The summed E-state index contributed by atoms with van der Waals surface area (Å²) >= 11 is 1.74. The predicted octanol–water partition coefficient (Wildman–Crippen LogP) is 8.56. The Morgan fingerprint density at radius 2 is 1.14 bits per heavy atom. The van der Waals surface area contributed by atoms with Crippen molar-refractivity contribution in [3.05, 3.63) is 114 Å². The van der Waals surface area contributed by atoms with Crippen LogP contribution in [0.1, 0.15) is 11.1 Å². The van der Waals surface area contributed by atoms with Crippen molar-refractivity contribution in [1.29, 1.82) is 10.5 Å². The Morgan fingerprint density at radius 1 is 0.556 bits per heavy atom. The molecule has 3 nitrogen and oxygen atoms in total. The van der Waals surface area contributed by atoms with Gasteiger partial charge in [-0.2, -0.15) is 10.5 Å². The Labute approximate surface area is 211 Å². The van der Waals surface area contributed by atoms with E-state index in [1.54, 1.807) is 11.3 Å². The molecular weight excluding hydrogens is 458 g/mol. The van der Waals surface area contributed by atoms with Crippen LogP contribution in [0.4, 0.5) is 0 Å². The van der Waals surface area contributed by atoms with E-state index in [0.29, 0.717) is 11.1 Å². The second kappa shape index (κ2) is 7.82. The first kappa shape index (κ1) is 20.5. The topological polar surface area (TPSA) is 52.5 Å². The molecule has 36 heavy (non-hydrogen) atoms. The van der Waals surface area contributed by atoms with Gasteiger partial charge in [0.25, 0.3) is 0 Å². The van der Waals surface area contributed by atoms with Crippen LogP contribution in [0.3, 0.4) is 0 Å². The van der Waals surface area contributed by atoms with Crippen LogP contribution in [-0.2, 0) is 0 Å². The molecule has 0 amide bonds. The van der Waals surface area contributed by atoms with E-state index >= 15 is 0 Å². The minimum absolute atomic E-state index is 0.622. The van der Waals surface area contributed by atoms with Crippen molar-refractivity contribution in [3.63, 3.8) is 0 Å². The monoisotopic (exact) mass is 475 g/mol. The highest BCUT2D eigenvalue weighted by Gasteiger charge is 2.17. The van der Waals surface area contributed by atoms with Crippen molar-refractivity contribution >= 4 is 53.3 Å². The van der Waals surface area contributed by atoms with Crippen LogP contribution in [0.25, 0.3) is 58.8 Å². The van der Waals surface area contributed by atoms with Gasteiger partial charge in [0, 0.05) is 36.5 Å². The van der Waals surface area contributed by atoms with Crippen molar-refractivity contribution in [1.82, 2.24) is 4.57 Å². The fourth-order valence-electron chi connectivity index (χ4n) is 5.23. The molecule has 0 saturated carbocycles. The minimum atomic E-state index is 0.622. The Balaban J connectivity index is 1.56. The molecule has 7 rings (SSSR count). The Kier molecular flexibility index (Phi) is 4.45. The second-order valence-corrected chi connectivity index (χ2v) is 9.93. The molecule has 0 radical (unpaired) electrons. The highest BCUT2D eigenvalue weighted by atomic mass is 32.1. The number of benzene rings is 5. The number of para-hydroxylation sites is 2. The molecule has 0 spiro atoms. The normalized spacial score (nSPS) is 11.3. The van der Waals surface area contributed by atoms with Gasteiger partial charge in [-0.05, 0) is 60.2 Å². The highest BCUT2D eigenvalue weighted by molar-refractivity contribution is 7.25. The van der Waals surface area contributed by atoms with Gasteiger partial charge in [0.15, 0.2) is 0 Å². The van der Waals surface area contributed by atoms with Gasteiger partial charge >= 0.3 is 0 Å². The van der Waals surface area contributed by atoms with Crippen LogP contribution < -0.4 is 0 Å². The summed E-state index contributed by atoms with van der Waals surface area (Å²) in [5, 5.41) is 23.8. The third-order valence-corrected chi connectivity index (χ3v) is 8.01. The average molecular weight is 476 g/mol. The van der Waals surface area contributed by atoms with Gasteiger partial charge in [-0.25, -0.2) is 0 Å². The fourth-order valence-corrected chi connectivity index (χ4v) is 6.29. The van der Waals surface area contributed by atoms with Crippen LogP contribution >= 0.6 is 11.3 Å². The zero-order valence-electron chi connectivity index (χ0n) is 19.1. The predicted molar refractivity (Wildman–Crippen MR) is 149 cm³/mol. The van der Waals surface area contributed by atoms with Crippen LogP contribution in [-0.4, -0.2) is 4.57 Å². The molecule has 2 aromatic heterocycles. The number of nitriles is 2. The molecule has 0 aliphatic heterocycles. The number of aromatic nitrogens is 1. The van der Waals surface area contributed by atoms with Crippen molar-refractivity contribution in [3.8, 4) is 29.0 Å². The number of rotatable bonds is 2. The second-order valence-electron chi connectivity index (χ2n) is 8.85. The molecule has 0 unspecified atom stereocenters. The molecule has 0 aliphatic rings. The zero-order valence-corrected chi connectivity index (χ0v) is 19.9. The number of fused-ring (bicyclic) bond motifs is 6. The summed E-state index contributed by atoms with van der Waals surface area (Å²) in [7, 11) is 0. The summed E-state index contributed by atoms with van der Waals surface area (Å²) < 4.78 is 4.63. The number of hydrogen-bond donors (Lipinski definition) is 0. The van der Waals surface area contributed by atoms with Crippen molar-refractivity contribution < 1.29 is 0 Å². The van der Waals surface area contributed by atoms with Crippen LogP contribution in [0.15, 0.2) is 103 Å². The molecule has 5 aromatic carbocycles. The Bertz CT molecular complexity index is 2030. The molecule has 0 fully saturated rings. The van der Waals surface area contributed by atoms with Crippen LogP contribution in [0.2, 0.25) is 0 Å². The van der Waals surface area contributed by atoms with E-state index in [1.807, 2.05) is 36.4 Å². The average Bonchev–Trinajstić information content (AvgIpc) is 3.47. The lowest BCUT2D eigenvalue weighted by Gasteiger charge is -2.15. The third-order valence-electron chi connectivity index (χ3n) is 6.86. The molecular formula is C32H17N3S. The largest absolute Gasteiger partial charge is 0.309 e. The molecule has 4 heteroatoms. The summed E-state index contributed by atoms with van der Waals surface area (Å²) in [6, 6.07) is 39.7. The summed E-state index contributed by atoms with van der Waals surface area (Å²) in [5.41, 5.74) is 6.60. The molecule has 0 atom stereocenters. The van der Waals surface area contributed by atoms with Gasteiger partial charge in [-0.15, -0.1) is 11.3 Å². The molecule has 0 bridgehead atoms. The molecule has 2 heterocycles. The van der Waals surface area contributed by atoms with Gasteiger partial charge in [0.1, 0.15) is 0 Å². The van der Waals surface area contributed by atoms with E-state index in [4.69, 9.17) is 0 Å². The molecule has 0 saturated heterocycles. The van der Waals surface area contributed by atoms with Crippen LogP contribution in [0.5, 0.6) is 0 Å². The van der Waals surface area contributed by atoms with Gasteiger partial charge in [0.2, 0.25) is 0 Å². The number of nitrogens with zero attached hydrogens (tertiary/aromatic N) is 3. The molecule has 0 N–H and O–H groups in total. The van der Waals surface area contributed by atoms with Gasteiger partial charge in [0.05, 0.1) is 40.0 Å². The summed E-state index contributed by atoms with van der Waals surface area (Å²) in [6.45, 7) is 0. The standard InChI is InChI=1S/C32H17N3S/c33-18-20-10-13-31-26(15-20)27-17-22(11-14-32(27)36-31)23-12-9-21(19-34)16-30(23)35-28-7-3-1-5-24(28)25-6-2-4-8-29(25)35/h1-17H. The van der Waals surface area contributed by atoms with Crippen LogP contribution in [0, 0.1) is 22.7 Å². The highest BCUT2D eigenvalue weighted by Crippen LogP contribution is 2.40. The lowest BCUT2D eigenvalue weighted by molar-refractivity contribution is 1.18. The smallest absolute Gasteiger partial charge is 0.0992 e. The van der Waals surface area contributed by atoms with Gasteiger partial charge in [-0.1, -0.05) is 48.5 Å². The van der Waals surface area contributed by atoms with E-state index in [0.717, 1.165) is 38.6 Å². The maximum absolute atomic E-state index is 9.74. The Hall–Kier alpha value is -4.90. The first-order valence-corrected chi connectivity index (χ1v) is 12.5. The first-order valence-electron chi connectivity index (χ1n) is 11.6. The zero-order chi connectivity index (χ0) is 24.2. The fraction of sp³-hybridized carbons (Fsp3) is 0.